The largest absolute Gasteiger partial charge is 0.260 e. The van der Waals surface area contributed by atoms with Crippen molar-refractivity contribution in [1.29, 1.82) is 0 Å². The second-order valence-corrected chi connectivity index (χ2v) is 1.43. The predicted octanol–water partition coefficient (Wildman–Crippen LogP) is 0.723. The van der Waals surface area contributed by atoms with E-state index < -0.39 is 0 Å². The summed E-state index contributed by atoms with van der Waals surface area (Å²) in [6.45, 7) is 3.29. The average molecular weight is 119 g/mol. The van der Waals surface area contributed by atoms with E-state index >= 15 is 0 Å². The molecule has 9 heavy (non-hydrogen) atoms. The molecule has 0 fully saturated rings. The number of aromatic nitrogens is 2. The van der Waals surface area contributed by atoms with Crippen molar-refractivity contribution in [2.24, 2.45) is 4.99 Å². The summed E-state index contributed by atoms with van der Waals surface area (Å²) in [5.74, 6) is 2.95. The molecule has 0 unspecified atom stereocenters. The van der Waals surface area contributed by atoms with Crippen LogP contribution in [-0.4, -0.2) is 16.9 Å². The standard InChI is InChI=1S/C6H5N3/c1-3-5-4-8-9-6(5)7-2/h1,4H,2H2,(H,8,9). The van der Waals surface area contributed by atoms with Crippen LogP contribution in [0, 0.1) is 12.3 Å². The third-order valence-electron chi connectivity index (χ3n) is 0.933. The molecule has 0 aliphatic heterocycles. The fourth-order valence-corrected chi connectivity index (χ4v) is 0.505. The van der Waals surface area contributed by atoms with Crippen molar-refractivity contribution < 1.29 is 0 Å². The molecule has 1 aromatic heterocycles. The lowest BCUT2D eigenvalue weighted by molar-refractivity contribution is 1.08. The van der Waals surface area contributed by atoms with Gasteiger partial charge in [-0.1, -0.05) is 5.92 Å². The van der Waals surface area contributed by atoms with Gasteiger partial charge in [-0.05, 0) is 6.72 Å². The first-order chi connectivity index (χ1) is 4.38. The van der Waals surface area contributed by atoms with Crippen molar-refractivity contribution in [2.75, 3.05) is 0 Å². The van der Waals surface area contributed by atoms with Gasteiger partial charge in [0.05, 0.1) is 11.8 Å². The zero-order chi connectivity index (χ0) is 6.69. The van der Waals surface area contributed by atoms with Crippen LogP contribution in [0.3, 0.4) is 0 Å². The summed E-state index contributed by atoms with van der Waals surface area (Å²) >= 11 is 0. The van der Waals surface area contributed by atoms with Crippen LogP contribution in [0.25, 0.3) is 0 Å². The molecule has 3 nitrogen and oxygen atoms in total. The number of nitrogens with one attached hydrogen (secondary N) is 1. The zero-order valence-corrected chi connectivity index (χ0v) is 4.76. The van der Waals surface area contributed by atoms with E-state index in [0.717, 1.165) is 0 Å². The average Bonchev–Trinajstić information content (AvgIpc) is 2.33. The van der Waals surface area contributed by atoms with E-state index in [0.29, 0.717) is 11.4 Å². The maximum absolute atomic E-state index is 5.07. The molecule has 0 bridgehead atoms. The van der Waals surface area contributed by atoms with Gasteiger partial charge in [0.15, 0.2) is 5.82 Å². The Bertz CT molecular complexity index is 254. The Morgan fingerprint density at radius 1 is 1.89 bits per heavy atom. The van der Waals surface area contributed by atoms with Gasteiger partial charge in [0, 0.05) is 0 Å². The van der Waals surface area contributed by atoms with Crippen LogP contribution >= 0.6 is 0 Å². The number of aromatic amines is 1. The minimum Gasteiger partial charge on any atom is -0.260 e. The highest BCUT2D eigenvalue weighted by molar-refractivity contribution is 5.51. The maximum atomic E-state index is 5.07. The second-order valence-electron chi connectivity index (χ2n) is 1.43. The van der Waals surface area contributed by atoms with E-state index in [9.17, 15) is 0 Å². The predicted molar refractivity (Wildman–Crippen MR) is 35.7 cm³/mol. The van der Waals surface area contributed by atoms with Gasteiger partial charge >= 0.3 is 0 Å². The molecule has 1 heterocycles. The summed E-state index contributed by atoms with van der Waals surface area (Å²) in [5.41, 5.74) is 0.644. The van der Waals surface area contributed by atoms with Gasteiger partial charge in [-0.3, -0.25) is 5.10 Å². The van der Waals surface area contributed by atoms with E-state index in [1.54, 1.807) is 0 Å². The SMILES string of the molecule is C#Cc1cn[nH]c1N=C. The summed E-state index contributed by atoms with van der Waals surface area (Å²) in [7, 11) is 0. The first kappa shape index (κ1) is 5.57. The zero-order valence-electron chi connectivity index (χ0n) is 4.76. The number of hydrogen-bond donors (Lipinski definition) is 1. The van der Waals surface area contributed by atoms with E-state index in [-0.39, 0.29) is 0 Å². The molecule has 1 N–H and O–H groups in total. The Labute approximate surface area is 52.8 Å². The van der Waals surface area contributed by atoms with Gasteiger partial charge in [0.2, 0.25) is 0 Å². The fraction of sp³-hybridized carbons (Fsp3) is 0. The molecule has 0 radical (unpaired) electrons. The van der Waals surface area contributed by atoms with Crippen LogP contribution < -0.4 is 0 Å². The summed E-state index contributed by atoms with van der Waals surface area (Å²) < 4.78 is 0. The fourth-order valence-electron chi connectivity index (χ4n) is 0.505. The Morgan fingerprint density at radius 3 is 3.11 bits per heavy atom. The lowest BCUT2D eigenvalue weighted by Gasteiger charge is -1.81. The summed E-state index contributed by atoms with van der Waals surface area (Å²) in [6.07, 6.45) is 6.60. The van der Waals surface area contributed by atoms with E-state index in [1.807, 2.05) is 0 Å². The molecule has 1 aromatic rings. The van der Waals surface area contributed by atoms with E-state index in [1.165, 1.54) is 6.20 Å². The second kappa shape index (κ2) is 2.14. The molecule has 0 aliphatic rings. The molecular formula is C6H5N3. The summed E-state index contributed by atoms with van der Waals surface area (Å²) in [6, 6.07) is 0. The highest BCUT2D eigenvalue weighted by Gasteiger charge is 1.95. The third kappa shape index (κ3) is 0.820. The van der Waals surface area contributed by atoms with Crippen molar-refractivity contribution >= 4 is 12.5 Å². The van der Waals surface area contributed by atoms with Gasteiger partial charge in [-0.25, -0.2) is 4.99 Å². The van der Waals surface area contributed by atoms with Gasteiger partial charge in [0.25, 0.3) is 0 Å². The Balaban J connectivity index is 3.17. The number of nitrogens with zero attached hydrogens (tertiary/aromatic N) is 2. The third-order valence-corrected chi connectivity index (χ3v) is 0.933. The van der Waals surface area contributed by atoms with Crippen LogP contribution in [-0.2, 0) is 0 Å². The number of hydrogen-bond acceptors (Lipinski definition) is 2. The van der Waals surface area contributed by atoms with Crippen molar-refractivity contribution in [2.45, 2.75) is 0 Å². The molecule has 1 rings (SSSR count). The van der Waals surface area contributed by atoms with Crippen LogP contribution in [0.2, 0.25) is 0 Å². The molecular weight excluding hydrogens is 114 g/mol. The van der Waals surface area contributed by atoms with Gasteiger partial charge in [-0.15, -0.1) is 6.42 Å². The van der Waals surface area contributed by atoms with Crippen LogP contribution in [0.1, 0.15) is 5.56 Å². The number of rotatable bonds is 1. The number of H-pyrrole nitrogens is 1. The van der Waals surface area contributed by atoms with Gasteiger partial charge in [-0.2, -0.15) is 5.10 Å². The Hall–Kier alpha value is -1.56. The number of aliphatic imine (C=N–C) groups is 1. The maximum Gasteiger partial charge on any atom is 0.163 e. The molecule has 0 atom stereocenters. The first-order valence-corrected chi connectivity index (χ1v) is 2.35. The Kier molecular flexibility index (Phi) is 1.32. The molecule has 44 valence electrons. The minimum absolute atomic E-state index is 0.553. The monoisotopic (exact) mass is 119 g/mol. The van der Waals surface area contributed by atoms with Crippen molar-refractivity contribution in [1.82, 2.24) is 10.2 Å². The normalized spacial score (nSPS) is 8.33. The molecule has 0 spiro atoms. The summed E-state index contributed by atoms with van der Waals surface area (Å²) in [4.78, 5) is 3.59. The summed E-state index contributed by atoms with van der Waals surface area (Å²) in [5, 5.41) is 6.25. The topological polar surface area (TPSA) is 41.0 Å². The molecule has 0 aromatic carbocycles. The molecule has 0 amide bonds. The molecule has 3 heteroatoms. The van der Waals surface area contributed by atoms with Gasteiger partial charge in [0.1, 0.15) is 0 Å². The van der Waals surface area contributed by atoms with Crippen LogP contribution in [0.4, 0.5) is 5.82 Å². The first-order valence-electron chi connectivity index (χ1n) is 2.35. The highest BCUT2D eigenvalue weighted by atomic mass is 15.2. The Morgan fingerprint density at radius 2 is 2.67 bits per heavy atom. The van der Waals surface area contributed by atoms with Crippen molar-refractivity contribution in [3.63, 3.8) is 0 Å². The van der Waals surface area contributed by atoms with Gasteiger partial charge < -0.3 is 0 Å². The molecule has 0 saturated heterocycles. The molecule has 0 saturated carbocycles. The van der Waals surface area contributed by atoms with E-state index in [4.69, 9.17) is 6.42 Å². The minimum atomic E-state index is 0.553. The quantitative estimate of drug-likeness (QED) is 0.429. The van der Waals surface area contributed by atoms with Crippen LogP contribution in [0.15, 0.2) is 11.2 Å². The number of terminal acetylenes is 1. The van der Waals surface area contributed by atoms with E-state index in [2.05, 4.69) is 27.8 Å². The lowest BCUT2D eigenvalue weighted by atomic mass is 10.3. The van der Waals surface area contributed by atoms with Crippen molar-refractivity contribution in [3.05, 3.63) is 11.8 Å². The smallest absolute Gasteiger partial charge is 0.163 e. The highest BCUT2D eigenvalue weighted by Crippen LogP contribution is 2.10. The van der Waals surface area contributed by atoms with Crippen LogP contribution in [0.5, 0.6) is 0 Å². The molecule has 0 aliphatic carbocycles. The lowest BCUT2D eigenvalue weighted by Crippen LogP contribution is -1.65. The van der Waals surface area contributed by atoms with Crippen molar-refractivity contribution in [3.8, 4) is 12.3 Å².